The van der Waals surface area contributed by atoms with Crippen LogP contribution in [0.15, 0.2) is 30.6 Å². The molecular weight excluding hydrogens is 392 g/mol. The summed E-state index contributed by atoms with van der Waals surface area (Å²) in [7, 11) is 0. The van der Waals surface area contributed by atoms with E-state index in [1.54, 1.807) is 18.2 Å². The van der Waals surface area contributed by atoms with Crippen LogP contribution >= 0.6 is 0 Å². The number of pyridine rings is 2. The predicted molar refractivity (Wildman–Crippen MR) is 109 cm³/mol. The number of nitrogens with zero attached hydrogens (tertiary/aromatic N) is 2. The van der Waals surface area contributed by atoms with E-state index in [2.05, 4.69) is 15.3 Å². The first-order valence-electron chi connectivity index (χ1n) is 9.75. The molecule has 0 saturated carbocycles. The summed E-state index contributed by atoms with van der Waals surface area (Å²) in [5.41, 5.74) is 1.88. The zero-order valence-corrected chi connectivity index (χ0v) is 17.7. The van der Waals surface area contributed by atoms with Gasteiger partial charge in [0.2, 0.25) is 5.88 Å². The molecule has 0 aliphatic rings. The van der Waals surface area contributed by atoms with Gasteiger partial charge in [0.15, 0.2) is 6.61 Å². The van der Waals surface area contributed by atoms with Crippen LogP contribution < -0.4 is 10.1 Å². The molecule has 0 fully saturated rings. The summed E-state index contributed by atoms with van der Waals surface area (Å²) in [6.45, 7) is 6.90. The largest absolute Gasteiger partial charge is 0.471 e. The average Bonchev–Trinajstić information content (AvgIpc) is 2.70. The molecule has 0 aromatic carbocycles. The van der Waals surface area contributed by atoms with Gasteiger partial charge in [-0.15, -0.1) is 0 Å². The van der Waals surface area contributed by atoms with E-state index in [1.807, 2.05) is 27.7 Å². The summed E-state index contributed by atoms with van der Waals surface area (Å²) in [6.07, 6.45) is 1.14. The number of aryl methyl sites for hydroxylation is 1. The van der Waals surface area contributed by atoms with Gasteiger partial charge in [0, 0.05) is 47.6 Å². The fourth-order valence-corrected chi connectivity index (χ4v) is 2.60. The van der Waals surface area contributed by atoms with E-state index in [1.165, 1.54) is 12.4 Å². The summed E-state index contributed by atoms with van der Waals surface area (Å²) in [4.78, 5) is 33.0. The van der Waals surface area contributed by atoms with Crippen LogP contribution in [0.25, 0.3) is 0 Å². The maximum Gasteiger partial charge on any atom is 0.272 e. The number of rotatable bonds is 9. The van der Waals surface area contributed by atoms with Crippen molar-refractivity contribution in [3.8, 4) is 5.88 Å². The number of nitrogens with one attached hydrogen (secondary N) is 1. The zero-order chi connectivity index (χ0) is 22.3. The van der Waals surface area contributed by atoms with Gasteiger partial charge in [-0.1, -0.05) is 27.7 Å². The molecule has 2 heterocycles. The lowest BCUT2D eigenvalue weighted by Crippen LogP contribution is -2.24. The number of alkyl halides is 2. The Kier molecular flexibility index (Phi) is 7.97. The quantitative estimate of drug-likeness (QED) is 0.669. The first-order valence-corrected chi connectivity index (χ1v) is 9.75. The molecule has 1 N–H and O–H groups in total. The van der Waals surface area contributed by atoms with Crippen molar-refractivity contribution in [2.75, 3.05) is 6.61 Å². The van der Waals surface area contributed by atoms with E-state index in [0.717, 1.165) is 5.56 Å². The minimum atomic E-state index is -2.57. The number of amides is 1. The molecule has 0 unspecified atom stereocenters. The molecule has 0 atom stereocenters. The van der Waals surface area contributed by atoms with Gasteiger partial charge in [-0.3, -0.25) is 14.6 Å². The highest BCUT2D eigenvalue weighted by atomic mass is 19.3. The second kappa shape index (κ2) is 10.2. The van der Waals surface area contributed by atoms with Gasteiger partial charge in [0.1, 0.15) is 5.78 Å². The average molecular weight is 419 g/mol. The van der Waals surface area contributed by atoms with Crippen LogP contribution in [0.3, 0.4) is 0 Å². The lowest BCUT2D eigenvalue weighted by Gasteiger charge is -2.16. The van der Waals surface area contributed by atoms with Crippen molar-refractivity contribution in [3.63, 3.8) is 0 Å². The monoisotopic (exact) mass is 419 g/mol. The summed E-state index contributed by atoms with van der Waals surface area (Å²) in [5, 5.41) is 2.79. The minimum Gasteiger partial charge on any atom is -0.471 e. The second-order valence-corrected chi connectivity index (χ2v) is 7.93. The Balaban J connectivity index is 2.02. The van der Waals surface area contributed by atoms with Crippen LogP contribution in [0.5, 0.6) is 5.88 Å². The predicted octanol–water partition coefficient (Wildman–Crippen LogP) is 3.77. The van der Waals surface area contributed by atoms with Crippen molar-refractivity contribution in [1.29, 1.82) is 0 Å². The van der Waals surface area contributed by atoms with Crippen molar-refractivity contribution >= 4 is 11.7 Å². The number of carbonyl (C=O) groups excluding carboxylic acids is 2. The zero-order valence-electron chi connectivity index (χ0n) is 17.7. The van der Waals surface area contributed by atoms with E-state index in [0.29, 0.717) is 23.2 Å². The Morgan fingerprint density at radius 2 is 1.93 bits per heavy atom. The number of ether oxygens (including phenoxy) is 1. The molecule has 0 aliphatic carbocycles. The molecule has 2 aromatic heterocycles. The Hall–Kier alpha value is -2.90. The molecule has 162 valence electrons. The minimum absolute atomic E-state index is 0.0416. The highest BCUT2D eigenvalue weighted by molar-refractivity contribution is 5.94. The lowest BCUT2D eigenvalue weighted by atomic mass is 9.88. The van der Waals surface area contributed by atoms with Crippen LogP contribution in [0.4, 0.5) is 8.78 Å². The SMILES string of the molecule is CCc1cc(CNC(=O)c2ccnc(CC(=O)C(C)(C)C)c2)cnc1OCC(F)F. The molecule has 2 aromatic rings. The molecule has 1 amide bonds. The summed E-state index contributed by atoms with van der Waals surface area (Å²) >= 11 is 0. The molecule has 0 bridgehead atoms. The van der Waals surface area contributed by atoms with Gasteiger partial charge < -0.3 is 10.1 Å². The van der Waals surface area contributed by atoms with Gasteiger partial charge in [-0.2, -0.15) is 0 Å². The standard InChI is InChI=1S/C22H27F2N3O3/c1-5-15-8-14(12-27-21(15)30-13-19(23)24)11-26-20(29)16-6-7-25-17(9-16)10-18(28)22(2,3)4/h6-9,12,19H,5,10-11,13H2,1-4H3,(H,26,29). The summed E-state index contributed by atoms with van der Waals surface area (Å²) in [6, 6.07) is 4.96. The second-order valence-electron chi connectivity index (χ2n) is 7.93. The van der Waals surface area contributed by atoms with Crippen molar-refractivity contribution in [2.45, 2.75) is 53.5 Å². The van der Waals surface area contributed by atoms with Gasteiger partial charge in [0.05, 0.1) is 0 Å². The van der Waals surface area contributed by atoms with Gasteiger partial charge in [-0.25, -0.2) is 13.8 Å². The molecule has 0 spiro atoms. The number of halogens is 2. The van der Waals surface area contributed by atoms with Crippen LogP contribution in [0.1, 0.15) is 54.9 Å². The number of carbonyl (C=O) groups is 2. The van der Waals surface area contributed by atoms with Crippen molar-refractivity contribution in [3.05, 3.63) is 53.0 Å². The highest BCUT2D eigenvalue weighted by Gasteiger charge is 2.22. The van der Waals surface area contributed by atoms with Gasteiger partial charge in [0.25, 0.3) is 12.3 Å². The summed E-state index contributed by atoms with van der Waals surface area (Å²) < 4.78 is 29.7. The van der Waals surface area contributed by atoms with Crippen LogP contribution in [-0.2, 0) is 24.2 Å². The van der Waals surface area contributed by atoms with Crippen LogP contribution in [-0.4, -0.2) is 34.7 Å². The normalized spacial score (nSPS) is 11.4. The molecule has 2 rings (SSSR count). The van der Waals surface area contributed by atoms with E-state index < -0.39 is 18.4 Å². The number of hydrogen-bond acceptors (Lipinski definition) is 5. The number of ketones is 1. The number of aromatic nitrogens is 2. The molecule has 0 saturated heterocycles. The van der Waals surface area contributed by atoms with Gasteiger partial charge >= 0.3 is 0 Å². The number of hydrogen-bond donors (Lipinski definition) is 1. The topological polar surface area (TPSA) is 81.2 Å². The molecule has 30 heavy (non-hydrogen) atoms. The van der Waals surface area contributed by atoms with E-state index >= 15 is 0 Å². The molecule has 0 aliphatic heterocycles. The number of Topliss-reactive ketones (excluding diaryl/α,β-unsaturated/α-hetero) is 1. The molecule has 0 radical (unpaired) electrons. The fraction of sp³-hybridized carbons (Fsp3) is 0.455. The molecule has 8 heteroatoms. The summed E-state index contributed by atoms with van der Waals surface area (Å²) in [5.74, 6) is -0.0898. The molecule has 6 nitrogen and oxygen atoms in total. The smallest absolute Gasteiger partial charge is 0.272 e. The maximum absolute atomic E-state index is 12.5. The van der Waals surface area contributed by atoms with Crippen molar-refractivity contribution < 1.29 is 23.1 Å². The van der Waals surface area contributed by atoms with Gasteiger partial charge in [-0.05, 0) is 30.2 Å². The third-order valence-electron chi connectivity index (χ3n) is 4.42. The van der Waals surface area contributed by atoms with E-state index in [9.17, 15) is 18.4 Å². The maximum atomic E-state index is 12.5. The fourth-order valence-electron chi connectivity index (χ4n) is 2.60. The Bertz CT molecular complexity index is 895. The Labute approximate surface area is 175 Å². The first kappa shape index (κ1) is 23.4. The van der Waals surface area contributed by atoms with E-state index in [-0.39, 0.29) is 30.5 Å². The van der Waals surface area contributed by atoms with Crippen LogP contribution in [0.2, 0.25) is 0 Å². The molecular formula is C22H27F2N3O3. The van der Waals surface area contributed by atoms with Crippen molar-refractivity contribution in [1.82, 2.24) is 15.3 Å². The van der Waals surface area contributed by atoms with Crippen LogP contribution in [0, 0.1) is 5.41 Å². The Morgan fingerprint density at radius 3 is 2.57 bits per heavy atom. The van der Waals surface area contributed by atoms with Crippen molar-refractivity contribution in [2.24, 2.45) is 5.41 Å². The highest BCUT2D eigenvalue weighted by Crippen LogP contribution is 2.19. The lowest BCUT2D eigenvalue weighted by molar-refractivity contribution is -0.125. The third-order valence-corrected chi connectivity index (χ3v) is 4.42. The third kappa shape index (κ3) is 6.86. The Morgan fingerprint density at radius 1 is 1.20 bits per heavy atom. The first-order chi connectivity index (χ1) is 14.1. The van der Waals surface area contributed by atoms with E-state index in [4.69, 9.17) is 4.74 Å².